The van der Waals surface area contributed by atoms with Crippen molar-refractivity contribution < 1.29 is 14.3 Å². The van der Waals surface area contributed by atoms with E-state index < -0.39 is 0 Å². The molecule has 7 heteroatoms. The number of amides is 2. The Morgan fingerprint density at radius 2 is 2.12 bits per heavy atom. The molecule has 0 spiro atoms. The quantitative estimate of drug-likeness (QED) is 0.669. The number of ether oxygens (including phenoxy) is 1. The number of nitrogens with zero attached hydrogens (tertiary/aromatic N) is 3. The number of carbonyl (C=O) groups excluding carboxylic acids is 2. The first kappa shape index (κ1) is 10.6. The van der Waals surface area contributed by atoms with Gasteiger partial charge in [-0.2, -0.15) is 10.1 Å². The summed E-state index contributed by atoms with van der Waals surface area (Å²) in [6.07, 6.45) is 0.159. The fourth-order valence-electron chi connectivity index (χ4n) is 1.42. The van der Waals surface area contributed by atoms with Gasteiger partial charge in [-0.05, 0) is 13.8 Å². The number of hydrogen-bond acceptors (Lipinski definition) is 5. The molecule has 0 aliphatic carbocycles. The molecule has 0 unspecified atom stereocenters. The fraction of sp³-hybridized carbons (Fsp3) is 0.556. The molecular weight excluding hydrogens is 212 g/mol. The Labute approximate surface area is 92.1 Å². The largest absolute Gasteiger partial charge is 0.477 e. The molecule has 86 valence electrons. The van der Waals surface area contributed by atoms with Crippen molar-refractivity contribution in [2.75, 3.05) is 0 Å². The molecule has 2 aliphatic heterocycles. The maximum absolute atomic E-state index is 11.6. The van der Waals surface area contributed by atoms with E-state index in [1.807, 2.05) is 13.8 Å². The van der Waals surface area contributed by atoms with E-state index >= 15 is 0 Å². The fourth-order valence-corrected chi connectivity index (χ4v) is 1.42. The number of hydrazone groups is 2. The predicted octanol–water partition coefficient (Wildman–Crippen LogP) is -0.209. The van der Waals surface area contributed by atoms with Crippen LogP contribution in [0.3, 0.4) is 0 Å². The number of carbonyl (C=O) groups is 2. The van der Waals surface area contributed by atoms with Crippen LogP contribution >= 0.6 is 0 Å². The smallest absolute Gasteiger partial charge is 0.258 e. The van der Waals surface area contributed by atoms with Gasteiger partial charge in [-0.1, -0.05) is 0 Å². The Balaban J connectivity index is 2.08. The van der Waals surface area contributed by atoms with Crippen molar-refractivity contribution >= 4 is 23.5 Å². The van der Waals surface area contributed by atoms with E-state index in [2.05, 4.69) is 15.6 Å². The van der Waals surface area contributed by atoms with Crippen LogP contribution in [-0.4, -0.2) is 34.7 Å². The Bertz CT molecular complexity index is 400. The summed E-state index contributed by atoms with van der Waals surface area (Å²) in [7, 11) is 0. The van der Waals surface area contributed by atoms with Gasteiger partial charge in [0.25, 0.3) is 5.91 Å². The molecule has 0 aromatic heterocycles. The maximum Gasteiger partial charge on any atom is 0.258 e. The molecule has 2 heterocycles. The average Bonchev–Trinajstić information content (AvgIpc) is 2.72. The summed E-state index contributed by atoms with van der Waals surface area (Å²) < 4.78 is 5.33. The minimum atomic E-state index is -0.240. The normalized spacial score (nSPS) is 20.1. The zero-order chi connectivity index (χ0) is 11.7. The highest BCUT2D eigenvalue weighted by atomic mass is 16.5. The summed E-state index contributed by atoms with van der Waals surface area (Å²) in [5.74, 6) is 0.210. The standard InChI is InChI=1S/C9H12N4O3/c1-5(2)16-8-4-9(15)13(12-8)6-3-7(14)11-10-6/h5H,3-4H2,1-2H3,(H,11,14). The van der Waals surface area contributed by atoms with Crippen LogP contribution in [0, 0.1) is 0 Å². The van der Waals surface area contributed by atoms with Gasteiger partial charge in [0.15, 0.2) is 5.84 Å². The van der Waals surface area contributed by atoms with Gasteiger partial charge < -0.3 is 4.74 Å². The molecule has 0 saturated heterocycles. The summed E-state index contributed by atoms with van der Waals surface area (Å²) in [4.78, 5) is 22.5. The highest BCUT2D eigenvalue weighted by molar-refractivity contribution is 6.14. The summed E-state index contributed by atoms with van der Waals surface area (Å²) >= 11 is 0. The highest BCUT2D eigenvalue weighted by Gasteiger charge is 2.32. The molecule has 0 aromatic carbocycles. The second-order valence-corrected chi connectivity index (χ2v) is 3.78. The second-order valence-electron chi connectivity index (χ2n) is 3.78. The zero-order valence-corrected chi connectivity index (χ0v) is 9.06. The van der Waals surface area contributed by atoms with Crippen molar-refractivity contribution in [3.63, 3.8) is 0 Å². The van der Waals surface area contributed by atoms with Gasteiger partial charge in [-0.25, -0.2) is 5.43 Å². The van der Waals surface area contributed by atoms with Crippen LogP contribution in [0.5, 0.6) is 0 Å². The number of hydrogen-bond donors (Lipinski definition) is 1. The third kappa shape index (κ3) is 2.02. The first-order valence-electron chi connectivity index (χ1n) is 4.99. The van der Waals surface area contributed by atoms with Gasteiger partial charge in [0.2, 0.25) is 11.8 Å². The van der Waals surface area contributed by atoms with E-state index in [4.69, 9.17) is 4.74 Å². The van der Waals surface area contributed by atoms with Crippen LogP contribution in [0.4, 0.5) is 0 Å². The minimum Gasteiger partial charge on any atom is -0.477 e. The molecule has 2 rings (SSSR count). The Hall–Kier alpha value is -1.92. The summed E-state index contributed by atoms with van der Waals surface area (Å²) in [6.45, 7) is 3.71. The van der Waals surface area contributed by atoms with Crippen molar-refractivity contribution in [3.8, 4) is 0 Å². The SMILES string of the molecule is CC(C)OC1=NN(C2=NNC(=O)C2)C(=O)C1. The predicted molar refractivity (Wildman–Crippen MR) is 55.3 cm³/mol. The molecule has 0 atom stereocenters. The Morgan fingerprint density at radius 3 is 2.69 bits per heavy atom. The molecule has 0 radical (unpaired) electrons. The molecule has 2 amide bonds. The Kier molecular flexibility index (Phi) is 2.59. The van der Waals surface area contributed by atoms with Crippen LogP contribution in [0.15, 0.2) is 10.2 Å². The monoisotopic (exact) mass is 224 g/mol. The third-order valence-corrected chi connectivity index (χ3v) is 1.99. The molecule has 0 aromatic rings. The molecule has 0 bridgehead atoms. The van der Waals surface area contributed by atoms with E-state index in [1.165, 1.54) is 0 Å². The van der Waals surface area contributed by atoms with E-state index in [9.17, 15) is 9.59 Å². The van der Waals surface area contributed by atoms with E-state index in [0.717, 1.165) is 5.01 Å². The molecule has 0 fully saturated rings. The van der Waals surface area contributed by atoms with E-state index in [0.29, 0.717) is 11.7 Å². The van der Waals surface area contributed by atoms with Gasteiger partial charge in [-0.15, -0.1) is 5.10 Å². The summed E-state index contributed by atoms with van der Waals surface area (Å²) in [6, 6.07) is 0. The van der Waals surface area contributed by atoms with Crippen molar-refractivity contribution in [2.24, 2.45) is 10.2 Å². The average molecular weight is 224 g/mol. The van der Waals surface area contributed by atoms with Crippen LogP contribution in [0.1, 0.15) is 26.7 Å². The van der Waals surface area contributed by atoms with Crippen molar-refractivity contribution in [1.29, 1.82) is 0 Å². The van der Waals surface area contributed by atoms with Gasteiger partial charge in [0.1, 0.15) is 6.42 Å². The van der Waals surface area contributed by atoms with E-state index in [-0.39, 0.29) is 30.8 Å². The molecule has 2 aliphatic rings. The first-order valence-corrected chi connectivity index (χ1v) is 4.99. The topological polar surface area (TPSA) is 83.4 Å². The summed E-state index contributed by atoms with van der Waals surface area (Å²) in [5, 5.41) is 8.82. The van der Waals surface area contributed by atoms with Gasteiger partial charge >= 0.3 is 0 Å². The molecular formula is C9H12N4O3. The van der Waals surface area contributed by atoms with Gasteiger partial charge in [-0.3, -0.25) is 9.59 Å². The minimum absolute atomic E-state index is 0.0308. The number of rotatable bonds is 1. The maximum atomic E-state index is 11.6. The molecule has 0 saturated carbocycles. The zero-order valence-electron chi connectivity index (χ0n) is 9.06. The van der Waals surface area contributed by atoms with Gasteiger partial charge in [0.05, 0.1) is 12.5 Å². The lowest BCUT2D eigenvalue weighted by Gasteiger charge is -2.08. The number of nitrogens with one attached hydrogen (secondary N) is 1. The number of amidine groups is 1. The second kappa shape index (κ2) is 3.92. The van der Waals surface area contributed by atoms with Crippen molar-refractivity contribution in [2.45, 2.75) is 32.8 Å². The lowest BCUT2D eigenvalue weighted by atomic mass is 10.3. The van der Waals surface area contributed by atoms with Crippen LogP contribution in [0.2, 0.25) is 0 Å². The van der Waals surface area contributed by atoms with Crippen molar-refractivity contribution in [3.05, 3.63) is 0 Å². The van der Waals surface area contributed by atoms with Crippen molar-refractivity contribution in [1.82, 2.24) is 10.4 Å². The molecule has 7 nitrogen and oxygen atoms in total. The highest BCUT2D eigenvalue weighted by Crippen LogP contribution is 2.14. The van der Waals surface area contributed by atoms with Gasteiger partial charge in [0, 0.05) is 0 Å². The lowest BCUT2D eigenvalue weighted by Crippen LogP contribution is -2.27. The first-order chi connectivity index (χ1) is 7.56. The molecule has 16 heavy (non-hydrogen) atoms. The molecule has 1 N–H and O–H groups in total. The van der Waals surface area contributed by atoms with Crippen LogP contribution < -0.4 is 5.43 Å². The summed E-state index contributed by atoms with van der Waals surface area (Å²) in [5.41, 5.74) is 2.27. The van der Waals surface area contributed by atoms with Crippen LogP contribution in [0.25, 0.3) is 0 Å². The Morgan fingerprint density at radius 1 is 1.38 bits per heavy atom. The third-order valence-electron chi connectivity index (χ3n) is 1.99. The lowest BCUT2D eigenvalue weighted by molar-refractivity contribution is -0.125. The van der Waals surface area contributed by atoms with Crippen LogP contribution in [-0.2, 0) is 14.3 Å². The van der Waals surface area contributed by atoms with E-state index in [1.54, 1.807) is 0 Å².